The number of nitrogens with two attached hydrogens (primary N) is 1. The van der Waals surface area contributed by atoms with Gasteiger partial charge < -0.3 is 5.73 Å². The Morgan fingerprint density at radius 1 is 1.17 bits per heavy atom. The average Bonchev–Trinajstić information content (AvgIpc) is 3.46. The van der Waals surface area contributed by atoms with Crippen molar-refractivity contribution in [1.29, 1.82) is 0 Å². The summed E-state index contributed by atoms with van der Waals surface area (Å²) >= 11 is 2.63. The van der Waals surface area contributed by atoms with Crippen LogP contribution in [-0.4, -0.2) is 41.5 Å². The Labute approximate surface area is 215 Å². The zero-order valence-corrected chi connectivity index (χ0v) is 21.1. The number of anilines is 1. The minimum atomic E-state index is -2.59. The van der Waals surface area contributed by atoms with Crippen LogP contribution < -0.4 is 10.7 Å². The van der Waals surface area contributed by atoms with Crippen LogP contribution in [0.2, 0.25) is 0 Å². The van der Waals surface area contributed by atoms with Crippen LogP contribution in [0.5, 0.6) is 0 Å². The first-order valence-corrected chi connectivity index (χ1v) is 13.2. The van der Waals surface area contributed by atoms with Gasteiger partial charge in [0.25, 0.3) is 6.43 Å². The Kier molecular flexibility index (Phi) is 7.08. The smallest absolute Gasteiger partial charge is 0.259 e. The lowest BCUT2D eigenvalue weighted by Gasteiger charge is -2.35. The van der Waals surface area contributed by atoms with E-state index < -0.39 is 29.0 Å². The number of hydrogen-bond donors (Lipinski definition) is 1. The fraction of sp³-hybridized carbons (Fsp3) is 0.360. The summed E-state index contributed by atoms with van der Waals surface area (Å²) in [6, 6.07) is 11.7. The summed E-state index contributed by atoms with van der Waals surface area (Å²) in [5, 5.41) is 7.20. The van der Waals surface area contributed by atoms with Crippen LogP contribution in [0.4, 0.5) is 22.7 Å². The summed E-state index contributed by atoms with van der Waals surface area (Å²) < 4.78 is 56.9. The number of halogens is 4. The Balaban J connectivity index is 1.68. The molecule has 1 aromatic heterocycles. The number of fused-ring (bicyclic) bond motifs is 1. The molecule has 0 amide bonds. The van der Waals surface area contributed by atoms with Gasteiger partial charge in [-0.15, -0.1) is 0 Å². The minimum Gasteiger partial charge on any atom is -0.330 e. The van der Waals surface area contributed by atoms with Crippen molar-refractivity contribution in [3.8, 4) is 0 Å². The Morgan fingerprint density at radius 2 is 1.94 bits per heavy atom. The molecule has 0 saturated carbocycles. The maximum atomic E-state index is 14.8. The number of hydrogen-bond acceptors (Lipinski definition) is 7. The summed E-state index contributed by atoms with van der Waals surface area (Å²) in [6.45, 7) is 0.914. The number of benzene rings is 2. The van der Waals surface area contributed by atoms with Crippen molar-refractivity contribution in [2.75, 3.05) is 25.1 Å². The highest BCUT2D eigenvalue weighted by molar-refractivity contribution is 8.15. The van der Waals surface area contributed by atoms with Crippen LogP contribution in [0.25, 0.3) is 0 Å². The molecule has 5 nitrogen and oxygen atoms in total. The molecule has 190 valence electrons. The zero-order valence-electron chi connectivity index (χ0n) is 19.5. The van der Waals surface area contributed by atoms with E-state index in [0.717, 1.165) is 28.6 Å². The van der Waals surface area contributed by atoms with E-state index >= 15 is 0 Å². The molecule has 2 aliphatic rings. The molecule has 36 heavy (non-hydrogen) atoms. The van der Waals surface area contributed by atoms with Gasteiger partial charge in [-0.1, -0.05) is 53.4 Å². The number of hydrazone groups is 1. The van der Waals surface area contributed by atoms with E-state index in [-0.39, 0.29) is 5.56 Å². The van der Waals surface area contributed by atoms with Crippen molar-refractivity contribution in [3.05, 3.63) is 81.9 Å². The Hall–Kier alpha value is -2.47. The molecule has 3 aromatic rings. The SMILES string of the molecule is CN1CCc2sc(N3N=C(c4cc(F)ccc4F)SC3(CCCN)c3ccccc3)nc2C1C(F)F. The summed E-state index contributed by atoms with van der Waals surface area (Å²) in [5.74, 6) is -1.17. The normalized spacial score (nSPS) is 22.2. The van der Waals surface area contributed by atoms with Crippen molar-refractivity contribution in [1.82, 2.24) is 9.88 Å². The Bertz CT molecular complexity index is 1270. The molecular weight excluding hydrogens is 510 g/mol. The van der Waals surface area contributed by atoms with E-state index in [1.807, 2.05) is 30.3 Å². The van der Waals surface area contributed by atoms with Gasteiger partial charge in [0, 0.05) is 17.0 Å². The van der Waals surface area contributed by atoms with E-state index in [1.165, 1.54) is 23.1 Å². The molecule has 0 spiro atoms. The molecule has 5 rings (SSSR count). The van der Waals surface area contributed by atoms with Crippen LogP contribution in [0, 0.1) is 11.6 Å². The molecular formula is C25H25F4N5S2. The second-order valence-corrected chi connectivity index (χ2v) is 11.1. The third-order valence-electron chi connectivity index (χ3n) is 6.48. The lowest BCUT2D eigenvalue weighted by atomic mass is 10.0. The largest absolute Gasteiger partial charge is 0.330 e. The second-order valence-electron chi connectivity index (χ2n) is 8.80. The van der Waals surface area contributed by atoms with Crippen molar-refractivity contribution in [2.45, 2.75) is 36.6 Å². The van der Waals surface area contributed by atoms with Crippen LogP contribution in [0.15, 0.2) is 53.6 Å². The molecule has 11 heteroatoms. The van der Waals surface area contributed by atoms with Gasteiger partial charge >= 0.3 is 0 Å². The topological polar surface area (TPSA) is 57.8 Å². The molecule has 0 saturated heterocycles. The highest BCUT2D eigenvalue weighted by Crippen LogP contribution is 2.54. The van der Waals surface area contributed by atoms with Gasteiger partial charge in [-0.25, -0.2) is 27.6 Å². The molecule has 0 radical (unpaired) electrons. The highest BCUT2D eigenvalue weighted by atomic mass is 32.2. The van der Waals surface area contributed by atoms with E-state index in [0.29, 0.717) is 48.2 Å². The predicted molar refractivity (Wildman–Crippen MR) is 137 cm³/mol. The first kappa shape index (κ1) is 25.2. The van der Waals surface area contributed by atoms with Crippen molar-refractivity contribution in [2.24, 2.45) is 10.8 Å². The first-order chi connectivity index (χ1) is 17.3. The van der Waals surface area contributed by atoms with Crippen LogP contribution in [0.3, 0.4) is 0 Å². The zero-order chi connectivity index (χ0) is 25.4. The molecule has 0 aliphatic carbocycles. The molecule has 0 bridgehead atoms. The third-order valence-corrected chi connectivity index (χ3v) is 9.04. The van der Waals surface area contributed by atoms with Crippen LogP contribution in [0.1, 0.15) is 40.6 Å². The average molecular weight is 536 g/mol. The number of alkyl halides is 2. The number of aromatic nitrogens is 1. The van der Waals surface area contributed by atoms with E-state index in [9.17, 15) is 17.6 Å². The fourth-order valence-corrected chi connectivity index (χ4v) is 7.27. The molecule has 2 N–H and O–H groups in total. The molecule has 2 unspecified atom stereocenters. The summed E-state index contributed by atoms with van der Waals surface area (Å²) in [4.78, 5) is 6.23. The lowest BCUT2D eigenvalue weighted by Crippen LogP contribution is -2.38. The number of likely N-dealkylation sites (N-methyl/N-ethyl adjacent to an activating group) is 1. The number of rotatable bonds is 7. The summed E-state index contributed by atoms with van der Waals surface area (Å²) in [6.07, 6.45) is -0.831. The van der Waals surface area contributed by atoms with E-state index in [4.69, 9.17) is 10.8 Å². The molecule has 0 fully saturated rings. The van der Waals surface area contributed by atoms with Gasteiger partial charge in [-0.2, -0.15) is 5.10 Å². The minimum absolute atomic E-state index is 0.0436. The molecule has 2 atom stereocenters. The third kappa shape index (κ3) is 4.42. The van der Waals surface area contributed by atoms with Gasteiger partial charge in [0.2, 0.25) is 5.13 Å². The Morgan fingerprint density at radius 3 is 2.67 bits per heavy atom. The van der Waals surface area contributed by atoms with Gasteiger partial charge in [-0.05, 0) is 56.6 Å². The van der Waals surface area contributed by atoms with Crippen molar-refractivity contribution in [3.63, 3.8) is 0 Å². The van der Waals surface area contributed by atoms with E-state index in [1.54, 1.807) is 17.0 Å². The number of thioether (sulfide) groups is 1. The number of nitrogens with zero attached hydrogens (tertiary/aromatic N) is 4. The predicted octanol–water partition coefficient (Wildman–Crippen LogP) is 5.72. The quantitative estimate of drug-likeness (QED) is 0.392. The second kappa shape index (κ2) is 10.1. The molecule has 2 aliphatic heterocycles. The summed E-state index contributed by atoms with van der Waals surface area (Å²) in [7, 11) is 1.67. The van der Waals surface area contributed by atoms with Gasteiger partial charge in [-0.3, -0.25) is 4.90 Å². The molecule has 2 aromatic carbocycles. The monoisotopic (exact) mass is 535 g/mol. The van der Waals surface area contributed by atoms with E-state index in [2.05, 4.69) is 4.98 Å². The van der Waals surface area contributed by atoms with Crippen LogP contribution >= 0.6 is 23.1 Å². The van der Waals surface area contributed by atoms with Gasteiger partial charge in [0.1, 0.15) is 27.6 Å². The lowest BCUT2D eigenvalue weighted by molar-refractivity contribution is 0.0300. The highest BCUT2D eigenvalue weighted by Gasteiger charge is 2.48. The maximum absolute atomic E-state index is 14.8. The van der Waals surface area contributed by atoms with Crippen LogP contribution in [-0.2, 0) is 11.3 Å². The summed E-state index contributed by atoms with van der Waals surface area (Å²) in [5.41, 5.74) is 7.17. The van der Waals surface area contributed by atoms with Crippen molar-refractivity contribution >= 4 is 33.3 Å². The molecule has 3 heterocycles. The maximum Gasteiger partial charge on any atom is 0.259 e. The van der Waals surface area contributed by atoms with Gasteiger partial charge in [0.15, 0.2) is 0 Å². The number of thiazole rings is 1. The van der Waals surface area contributed by atoms with Crippen molar-refractivity contribution < 1.29 is 17.6 Å². The van der Waals surface area contributed by atoms with Gasteiger partial charge in [0.05, 0.1) is 5.69 Å². The fourth-order valence-electron chi connectivity index (χ4n) is 4.67. The first-order valence-electron chi connectivity index (χ1n) is 11.6. The standard InChI is InChI=1S/C25H25F4N5S2/c1-33-13-10-19-20(21(33)22(28)29)31-24(35-19)34-25(11-5-12-30,15-6-3-2-4-7-15)36-23(32-34)17-14-16(26)8-9-18(17)27/h2-4,6-9,14,21-22H,5,10-13,30H2,1H3.